The lowest BCUT2D eigenvalue weighted by Gasteiger charge is -2.45. The Balaban J connectivity index is 0.860. The lowest BCUT2D eigenvalue weighted by molar-refractivity contribution is -0.134. The Hall–Kier alpha value is -5.97. The molecule has 3 aromatic heterocycles. The second-order valence-corrected chi connectivity index (χ2v) is 16.8. The number of anilines is 3. The second kappa shape index (κ2) is 18.2. The number of amides is 3. The molecule has 0 radical (unpaired) electrons. The zero-order valence-corrected chi connectivity index (χ0v) is 35.5. The smallest absolute Gasteiger partial charge is 0.258 e. The van der Waals surface area contributed by atoms with Crippen LogP contribution in [0.25, 0.3) is 22.3 Å². The van der Waals surface area contributed by atoms with Crippen LogP contribution in [0.2, 0.25) is 0 Å². The molecule has 0 saturated carbocycles. The van der Waals surface area contributed by atoms with Crippen molar-refractivity contribution >= 4 is 46.1 Å². The molecule has 5 aromatic rings. The molecule has 0 spiro atoms. The number of hydrogen-bond acceptors (Lipinski definition) is 10. The minimum absolute atomic E-state index is 0.00429. The zero-order valence-electron chi connectivity index (χ0n) is 35.5. The van der Waals surface area contributed by atoms with E-state index in [0.29, 0.717) is 91.5 Å². The van der Waals surface area contributed by atoms with E-state index >= 15 is 13.2 Å². The van der Waals surface area contributed by atoms with Crippen LogP contribution in [0.3, 0.4) is 0 Å². The topological polar surface area (TPSA) is 154 Å². The predicted molar refractivity (Wildman–Crippen MR) is 230 cm³/mol. The van der Waals surface area contributed by atoms with Crippen LogP contribution >= 0.6 is 0 Å². The average Bonchev–Trinajstić information content (AvgIpc) is 3.84. The molecule has 8 rings (SSSR count). The maximum atomic E-state index is 15.8. The molecule has 3 fully saturated rings. The maximum absolute atomic E-state index is 15.8. The minimum atomic E-state index is -1.25. The standard InChI is InChI=1S/C45H53F3N10O4/c1-5-26(2)7-6-18-62-44-32(24-49-55(44)4)37-20-28(19-27(3)50-37)42(60)54-45-51-36-10-8-29(23-38(36)52-45)56-14-16-57(17-15-56)39-12-13-58(25-35(39)48)30-21-33(46)41(34(47)22-30)31-9-11-40(59)53-43(31)61/h8,10,19-24,26,31,35,39H,5-7,9,11-18,25H2,1-4H3,(H,53,59,61)(H2,51,52,54,60)/t26-,31+,35-,39?/m0/s1. The first-order chi connectivity index (χ1) is 29.8. The largest absolute Gasteiger partial charge is 0.477 e. The molecule has 3 aliphatic heterocycles. The van der Waals surface area contributed by atoms with Crippen LogP contribution in [0, 0.1) is 24.5 Å². The first kappa shape index (κ1) is 42.7. The van der Waals surface area contributed by atoms with Gasteiger partial charge in [0.2, 0.25) is 23.6 Å². The monoisotopic (exact) mass is 854 g/mol. The third-order valence-corrected chi connectivity index (χ3v) is 12.5. The SMILES string of the molecule is CC[C@H](C)CCCOc1c(-c2cc(C(=O)Nc3nc4ccc(N5CCN(C6CCN(c7cc(F)c([C@H]8CCC(=O)NC8=O)c(F)c7)C[C@@H]6F)CC5)cc4[nH]3)cc(C)n2)cnn1C. The number of H-pyrrole nitrogens is 1. The summed E-state index contributed by atoms with van der Waals surface area (Å²) in [6.07, 6.45) is 4.11. The van der Waals surface area contributed by atoms with Crippen molar-refractivity contribution in [2.75, 3.05) is 61.0 Å². The Morgan fingerprint density at radius 2 is 1.76 bits per heavy atom. The molecule has 3 amide bonds. The Morgan fingerprint density at radius 1 is 0.984 bits per heavy atom. The van der Waals surface area contributed by atoms with E-state index in [1.807, 2.05) is 32.2 Å². The van der Waals surface area contributed by atoms with Gasteiger partial charge in [0.15, 0.2) is 0 Å². The average molecular weight is 855 g/mol. The molecule has 2 aromatic carbocycles. The van der Waals surface area contributed by atoms with Gasteiger partial charge >= 0.3 is 0 Å². The first-order valence-corrected chi connectivity index (χ1v) is 21.5. The summed E-state index contributed by atoms with van der Waals surface area (Å²) < 4.78 is 54.1. The van der Waals surface area contributed by atoms with Gasteiger partial charge in [0.05, 0.1) is 47.6 Å². The van der Waals surface area contributed by atoms with Gasteiger partial charge in [0.25, 0.3) is 5.91 Å². The number of aryl methyl sites for hydroxylation is 2. The van der Waals surface area contributed by atoms with Crippen molar-refractivity contribution in [2.45, 2.75) is 77.4 Å². The molecular weight excluding hydrogens is 802 g/mol. The Morgan fingerprint density at radius 3 is 2.48 bits per heavy atom. The van der Waals surface area contributed by atoms with E-state index in [9.17, 15) is 14.4 Å². The predicted octanol–water partition coefficient (Wildman–Crippen LogP) is 6.66. The fraction of sp³-hybridized carbons (Fsp3) is 0.467. The number of aromatic amines is 1. The number of benzene rings is 2. The summed E-state index contributed by atoms with van der Waals surface area (Å²) in [4.78, 5) is 56.0. The number of ether oxygens (including phenoxy) is 1. The number of halogens is 3. The molecule has 4 atom stereocenters. The summed E-state index contributed by atoms with van der Waals surface area (Å²) in [6.45, 7) is 9.83. The molecule has 1 unspecified atom stereocenters. The lowest BCUT2D eigenvalue weighted by Crippen LogP contribution is -2.57. The fourth-order valence-electron chi connectivity index (χ4n) is 8.85. The van der Waals surface area contributed by atoms with Gasteiger partial charge in [-0.25, -0.2) is 22.8 Å². The van der Waals surface area contributed by atoms with Crippen LogP contribution in [0.4, 0.5) is 30.5 Å². The number of piperidine rings is 2. The van der Waals surface area contributed by atoms with E-state index < -0.39 is 35.5 Å². The third-order valence-electron chi connectivity index (χ3n) is 12.5. The molecule has 6 heterocycles. The van der Waals surface area contributed by atoms with E-state index in [-0.39, 0.29) is 42.6 Å². The molecule has 14 nitrogen and oxygen atoms in total. The van der Waals surface area contributed by atoms with E-state index in [1.165, 1.54) is 0 Å². The number of aromatic nitrogens is 5. The number of piperazine rings is 1. The zero-order chi connectivity index (χ0) is 43.7. The van der Waals surface area contributed by atoms with Gasteiger partial charge in [0, 0.05) is 80.4 Å². The number of alkyl halides is 1. The molecule has 3 N–H and O–H groups in total. The van der Waals surface area contributed by atoms with Gasteiger partial charge in [-0.1, -0.05) is 20.3 Å². The summed E-state index contributed by atoms with van der Waals surface area (Å²) >= 11 is 0. The molecule has 17 heteroatoms. The highest BCUT2D eigenvalue weighted by molar-refractivity contribution is 6.05. The highest BCUT2D eigenvalue weighted by Gasteiger charge is 2.37. The maximum Gasteiger partial charge on any atom is 0.258 e. The fourth-order valence-corrected chi connectivity index (χ4v) is 8.85. The van der Waals surface area contributed by atoms with Crippen molar-refractivity contribution in [3.63, 3.8) is 0 Å². The van der Waals surface area contributed by atoms with E-state index in [2.05, 4.69) is 49.3 Å². The Kier molecular flexibility index (Phi) is 12.5. The van der Waals surface area contributed by atoms with Crippen LogP contribution in [-0.2, 0) is 16.6 Å². The summed E-state index contributed by atoms with van der Waals surface area (Å²) in [5.74, 6) is -2.82. The number of nitrogens with one attached hydrogen (secondary N) is 3. The van der Waals surface area contributed by atoms with Crippen molar-refractivity contribution < 1.29 is 32.3 Å². The summed E-state index contributed by atoms with van der Waals surface area (Å²) in [7, 11) is 1.82. The molecule has 328 valence electrons. The summed E-state index contributed by atoms with van der Waals surface area (Å²) in [5, 5.41) is 9.45. The van der Waals surface area contributed by atoms with Crippen LogP contribution in [-0.4, -0.2) is 105 Å². The lowest BCUT2D eigenvalue weighted by atomic mass is 9.89. The summed E-state index contributed by atoms with van der Waals surface area (Å²) in [5.41, 5.74) is 4.67. The molecule has 3 saturated heterocycles. The van der Waals surface area contributed by atoms with Crippen molar-refractivity contribution in [3.8, 4) is 17.1 Å². The van der Waals surface area contributed by atoms with Crippen LogP contribution in [0.1, 0.15) is 79.9 Å². The van der Waals surface area contributed by atoms with Crippen molar-refractivity contribution in [2.24, 2.45) is 13.0 Å². The first-order valence-electron chi connectivity index (χ1n) is 21.5. The normalized spacial score (nSPS) is 20.4. The van der Waals surface area contributed by atoms with Gasteiger partial charge < -0.3 is 19.5 Å². The quantitative estimate of drug-likeness (QED) is 0.0866. The van der Waals surface area contributed by atoms with Gasteiger partial charge in [-0.3, -0.25) is 34.9 Å². The number of hydrogen-bond donors (Lipinski definition) is 3. The molecule has 0 aliphatic carbocycles. The van der Waals surface area contributed by atoms with Gasteiger partial charge in [-0.2, -0.15) is 5.10 Å². The number of pyridine rings is 1. The summed E-state index contributed by atoms with van der Waals surface area (Å²) in [6, 6.07) is 11.3. The van der Waals surface area contributed by atoms with Crippen LogP contribution in [0.5, 0.6) is 5.88 Å². The van der Waals surface area contributed by atoms with Gasteiger partial charge in [-0.15, -0.1) is 0 Å². The van der Waals surface area contributed by atoms with Gasteiger partial charge in [-0.05, 0) is 81.0 Å². The van der Waals surface area contributed by atoms with Crippen molar-refractivity contribution in [1.29, 1.82) is 0 Å². The highest BCUT2D eigenvalue weighted by Crippen LogP contribution is 2.35. The number of fused-ring (bicyclic) bond motifs is 1. The Bertz CT molecular complexity index is 2440. The number of nitrogens with zero attached hydrogens (tertiary/aromatic N) is 7. The Labute approximate surface area is 358 Å². The molecule has 3 aliphatic rings. The molecule has 62 heavy (non-hydrogen) atoms. The second-order valence-electron chi connectivity index (χ2n) is 16.8. The number of imide groups is 1. The number of carbonyl (C=O) groups is 3. The molecule has 0 bridgehead atoms. The van der Waals surface area contributed by atoms with E-state index in [4.69, 9.17) is 9.72 Å². The van der Waals surface area contributed by atoms with E-state index in [1.54, 1.807) is 27.9 Å². The number of carbonyl (C=O) groups excluding carboxylic acids is 3. The molecular formula is C45H53F3N10O4. The van der Waals surface area contributed by atoms with Crippen molar-refractivity contribution in [1.82, 2.24) is 34.9 Å². The minimum Gasteiger partial charge on any atom is -0.477 e. The van der Waals surface area contributed by atoms with Crippen LogP contribution < -0.4 is 25.2 Å². The van der Waals surface area contributed by atoms with Gasteiger partial charge in [0.1, 0.15) is 17.8 Å². The van der Waals surface area contributed by atoms with Crippen LogP contribution in [0.15, 0.2) is 48.7 Å². The third kappa shape index (κ3) is 9.13. The number of rotatable bonds is 13. The highest BCUT2D eigenvalue weighted by atomic mass is 19.1. The number of imidazole rings is 1. The van der Waals surface area contributed by atoms with E-state index in [0.717, 1.165) is 42.6 Å². The van der Waals surface area contributed by atoms with Crippen molar-refractivity contribution in [3.05, 3.63) is 77.1 Å².